The largest absolute Gasteiger partial charge is 0.355 e. The van der Waals surface area contributed by atoms with Crippen molar-refractivity contribution in [2.45, 2.75) is 44.7 Å². The number of unbranched alkanes of at least 4 members (excludes halogenated alkanes) is 1. The van der Waals surface area contributed by atoms with Gasteiger partial charge in [-0.1, -0.05) is 20.3 Å². The summed E-state index contributed by atoms with van der Waals surface area (Å²) in [4.78, 5) is 15.6. The second-order valence-corrected chi connectivity index (χ2v) is 6.63. The summed E-state index contributed by atoms with van der Waals surface area (Å²) in [6.45, 7) is 4.53. The van der Waals surface area contributed by atoms with Gasteiger partial charge in [0.2, 0.25) is 5.91 Å². The third-order valence-corrected chi connectivity index (χ3v) is 3.74. The first-order chi connectivity index (χ1) is 8.88. The fourth-order valence-electron chi connectivity index (χ4n) is 1.58. The fraction of sp³-hybridized carbons (Fsp3) is 0.636. The van der Waals surface area contributed by atoms with Crippen LogP contribution in [-0.2, 0) is 26.8 Å². The van der Waals surface area contributed by atoms with Crippen LogP contribution in [0, 0.1) is 0 Å². The first-order valence-corrected chi connectivity index (χ1v) is 8.46. The van der Waals surface area contributed by atoms with Gasteiger partial charge < -0.3 is 9.88 Å². The van der Waals surface area contributed by atoms with Gasteiger partial charge in [-0.25, -0.2) is 13.4 Å². The summed E-state index contributed by atoms with van der Waals surface area (Å²) in [5, 5.41) is 2.55. The van der Waals surface area contributed by atoms with Gasteiger partial charge in [-0.15, -0.1) is 0 Å². The summed E-state index contributed by atoms with van der Waals surface area (Å²) in [6.07, 6.45) is 3.73. The van der Waals surface area contributed by atoms with Crippen LogP contribution >= 0.6 is 10.7 Å². The van der Waals surface area contributed by atoms with E-state index in [9.17, 15) is 13.2 Å². The highest BCUT2D eigenvalue weighted by atomic mass is 35.7. The number of hydrogen-bond donors (Lipinski definition) is 1. The number of imidazole rings is 1. The minimum atomic E-state index is -3.86. The maximum Gasteiger partial charge on any atom is 0.280 e. The summed E-state index contributed by atoms with van der Waals surface area (Å²) in [5.74, 6) is 0.351. The summed E-state index contributed by atoms with van der Waals surface area (Å²) >= 11 is 0. The molecule has 0 aliphatic heterocycles. The lowest BCUT2D eigenvalue weighted by molar-refractivity contribution is -0.121. The van der Waals surface area contributed by atoms with E-state index in [1.807, 2.05) is 13.8 Å². The molecule has 0 saturated heterocycles. The number of carbonyl (C=O) groups excluding carboxylic acids is 1. The zero-order chi connectivity index (χ0) is 14.5. The predicted molar refractivity (Wildman–Crippen MR) is 72.6 cm³/mol. The highest BCUT2D eigenvalue weighted by molar-refractivity contribution is 8.13. The molecule has 1 rings (SSSR count). The lowest BCUT2D eigenvalue weighted by atomic mass is 10.3. The molecule has 0 bridgehead atoms. The number of rotatable bonds is 7. The second kappa shape index (κ2) is 6.91. The van der Waals surface area contributed by atoms with Crippen molar-refractivity contribution >= 4 is 25.6 Å². The molecule has 0 atom stereocenters. The molecule has 19 heavy (non-hydrogen) atoms. The second-order valence-electron chi connectivity index (χ2n) is 4.12. The van der Waals surface area contributed by atoms with Crippen molar-refractivity contribution in [2.24, 2.45) is 0 Å². The van der Waals surface area contributed by atoms with Crippen LogP contribution in [0.25, 0.3) is 0 Å². The first kappa shape index (κ1) is 16.0. The predicted octanol–water partition coefficient (Wildman–Crippen LogP) is 1.29. The lowest BCUT2D eigenvalue weighted by Gasteiger charge is -2.07. The van der Waals surface area contributed by atoms with E-state index in [-0.39, 0.29) is 17.5 Å². The van der Waals surface area contributed by atoms with Crippen LogP contribution in [-0.4, -0.2) is 30.4 Å². The third kappa shape index (κ3) is 4.83. The van der Waals surface area contributed by atoms with Crippen molar-refractivity contribution in [1.82, 2.24) is 14.9 Å². The molecule has 0 aliphatic rings. The molecular weight excluding hydrogens is 290 g/mol. The number of nitrogens with zero attached hydrogens (tertiary/aromatic N) is 2. The van der Waals surface area contributed by atoms with Crippen molar-refractivity contribution in [3.63, 3.8) is 0 Å². The van der Waals surface area contributed by atoms with Gasteiger partial charge in [-0.05, 0) is 6.42 Å². The monoisotopic (exact) mass is 307 g/mol. The van der Waals surface area contributed by atoms with Gasteiger partial charge in [0.15, 0.2) is 5.03 Å². The van der Waals surface area contributed by atoms with Gasteiger partial charge in [-0.3, -0.25) is 4.79 Å². The normalized spacial score (nSPS) is 11.5. The fourth-order valence-corrected chi connectivity index (χ4v) is 2.27. The van der Waals surface area contributed by atoms with Crippen LogP contribution in [0.2, 0.25) is 0 Å². The SMILES string of the molecule is CCCCNC(=O)Cn1cc(S(=O)(=O)Cl)nc1CC. The van der Waals surface area contributed by atoms with E-state index in [4.69, 9.17) is 10.7 Å². The highest BCUT2D eigenvalue weighted by Gasteiger charge is 2.18. The Bertz CT molecular complexity index is 539. The Kier molecular flexibility index (Phi) is 5.81. The lowest BCUT2D eigenvalue weighted by Crippen LogP contribution is -2.28. The number of halogens is 1. The van der Waals surface area contributed by atoms with E-state index in [2.05, 4.69) is 10.3 Å². The zero-order valence-corrected chi connectivity index (χ0v) is 12.6. The van der Waals surface area contributed by atoms with E-state index in [0.717, 1.165) is 12.8 Å². The van der Waals surface area contributed by atoms with Crippen molar-refractivity contribution in [3.8, 4) is 0 Å². The molecule has 0 radical (unpaired) electrons. The molecule has 1 aromatic rings. The van der Waals surface area contributed by atoms with Crippen LogP contribution in [0.3, 0.4) is 0 Å². The molecule has 0 aromatic carbocycles. The van der Waals surface area contributed by atoms with E-state index < -0.39 is 9.05 Å². The topological polar surface area (TPSA) is 81.1 Å². The Morgan fingerprint density at radius 1 is 1.47 bits per heavy atom. The highest BCUT2D eigenvalue weighted by Crippen LogP contribution is 2.14. The van der Waals surface area contributed by atoms with Crippen LogP contribution in [0.4, 0.5) is 0 Å². The molecule has 0 unspecified atom stereocenters. The number of aromatic nitrogens is 2. The summed E-state index contributed by atoms with van der Waals surface area (Å²) in [6, 6.07) is 0. The molecule has 1 N–H and O–H groups in total. The van der Waals surface area contributed by atoms with Crippen molar-refractivity contribution in [3.05, 3.63) is 12.0 Å². The molecule has 108 valence electrons. The van der Waals surface area contributed by atoms with E-state index in [0.29, 0.717) is 18.8 Å². The number of carbonyl (C=O) groups is 1. The molecule has 6 nitrogen and oxygen atoms in total. The molecule has 0 fully saturated rings. The smallest absolute Gasteiger partial charge is 0.280 e. The molecule has 0 saturated carbocycles. The summed E-state index contributed by atoms with van der Waals surface area (Å²) in [7, 11) is 1.37. The number of aryl methyl sites for hydroxylation is 1. The van der Waals surface area contributed by atoms with Gasteiger partial charge in [0.05, 0.1) is 0 Å². The molecule has 0 aliphatic carbocycles. The molecular formula is C11H18ClN3O3S. The van der Waals surface area contributed by atoms with Crippen molar-refractivity contribution in [1.29, 1.82) is 0 Å². The van der Waals surface area contributed by atoms with E-state index in [1.54, 1.807) is 0 Å². The number of amides is 1. The Labute approximate surface area is 117 Å². The van der Waals surface area contributed by atoms with Crippen LogP contribution in [0.5, 0.6) is 0 Å². The summed E-state index contributed by atoms with van der Waals surface area (Å²) < 4.78 is 23.9. The molecule has 0 spiro atoms. The maximum absolute atomic E-state index is 11.7. The van der Waals surface area contributed by atoms with Crippen LogP contribution < -0.4 is 5.32 Å². The minimum absolute atomic E-state index is 0.0479. The van der Waals surface area contributed by atoms with Gasteiger partial charge in [-0.2, -0.15) is 0 Å². The van der Waals surface area contributed by atoms with Crippen LogP contribution in [0.1, 0.15) is 32.5 Å². The average Bonchev–Trinajstić information content (AvgIpc) is 2.72. The Morgan fingerprint density at radius 3 is 2.68 bits per heavy atom. The molecule has 1 amide bonds. The van der Waals surface area contributed by atoms with Crippen molar-refractivity contribution in [2.75, 3.05) is 6.54 Å². The number of hydrogen-bond acceptors (Lipinski definition) is 4. The number of nitrogens with one attached hydrogen (secondary N) is 1. The van der Waals surface area contributed by atoms with E-state index in [1.165, 1.54) is 10.8 Å². The Hall–Kier alpha value is -1.08. The van der Waals surface area contributed by atoms with Gasteiger partial charge in [0.1, 0.15) is 12.4 Å². The van der Waals surface area contributed by atoms with Gasteiger partial charge in [0.25, 0.3) is 9.05 Å². The standard InChI is InChI=1S/C11H18ClN3O3S/c1-3-5-6-13-10(16)7-15-8-11(19(12,17)18)14-9(15)4-2/h8H,3-7H2,1-2H3,(H,13,16). The molecule has 8 heteroatoms. The Balaban J connectivity index is 2.77. The minimum Gasteiger partial charge on any atom is -0.355 e. The molecule has 1 heterocycles. The first-order valence-electron chi connectivity index (χ1n) is 6.15. The quantitative estimate of drug-likeness (QED) is 0.608. The van der Waals surface area contributed by atoms with Gasteiger partial charge >= 0.3 is 0 Å². The van der Waals surface area contributed by atoms with E-state index >= 15 is 0 Å². The zero-order valence-electron chi connectivity index (χ0n) is 11.0. The van der Waals surface area contributed by atoms with Crippen LogP contribution in [0.15, 0.2) is 11.2 Å². The molecule has 1 aromatic heterocycles. The Morgan fingerprint density at radius 2 is 2.16 bits per heavy atom. The maximum atomic E-state index is 11.7. The average molecular weight is 308 g/mol. The van der Waals surface area contributed by atoms with Gasteiger partial charge in [0, 0.05) is 29.8 Å². The summed E-state index contributed by atoms with van der Waals surface area (Å²) in [5.41, 5.74) is 0. The van der Waals surface area contributed by atoms with Crippen molar-refractivity contribution < 1.29 is 13.2 Å². The third-order valence-electron chi connectivity index (χ3n) is 2.57.